The Morgan fingerprint density at radius 3 is 2.19 bits per heavy atom. The van der Waals surface area contributed by atoms with Gasteiger partial charge in [0.05, 0.1) is 23.7 Å². The van der Waals surface area contributed by atoms with Crippen molar-refractivity contribution in [3.63, 3.8) is 0 Å². The van der Waals surface area contributed by atoms with Crippen molar-refractivity contribution < 1.29 is 14.4 Å². The minimum Gasteiger partial charge on any atom is -0.354 e. The van der Waals surface area contributed by atoms with E-state index in [2.05, 4.69) is 16.0 Å². The summed E-state index contributed by atoms with van der Waals surface area (Å²) in [6.07, 6.45) is 0.707. The molecule has 2 aromatic carbocycles. The molecule has 3 N–H and O–H groups in total. The highest BCUT2D eigenvalue weighted by atomic mass is 35.5. The molecule has 142 valence electrons. The van der Waals surface area contributed by atoms with Gasteiger partial charge < -0.3 is 16.0 Å². The molecule has 0 aromatic heterocycles. The van der Waals surface area contributed by atoms with Gasteiger partial charge in [-0.1, -0.05) is 53.5 Å². The van der Waals surface area contributed by atoms with E-state index in [1.807, 2.05) is 30.3 Å². The molecule has 2 rings (SSSR count). The number of amides is 3. The first-order valence-electron chi connectivity index (χ1n) is 8.26. The largest absolute Gasteiger partial charge is 0.354 e. The van der Waals surface area contributed by atoms with E-state index in [0.717, 1.165) is 5.56 Å². The Kier molecular flexibility index (Phi) is 8.10. The summed E-state index contributed by atoms with van der Waals surface area (Å²) in [5, 5.41) is 8.20. The lowest BCUT2D eigenvalue weighted by Gasteiger charge is -2.09. The van der Waals surface area contributed by atoms with Crippen LogP contribution in [-0.2, 0) is 16.0 Å². The van der Waals surface area contributed by atoms with Gasteiger partial charge in [-0.2, -0.15) is 0 Å². The number of rotatable bonds is 8. The summed E-state index contributed by atoms with van der Waals surface area (Å²) in [6, 6.07) is 14.2. The lowest BCUT2D eigenvalue weighted by Crippen LogP contribution is -2.42. The van der Waals surface area contributed by atoms with E-state index in [1.165, 1.54) is 18.2 Å². The lowest BCUT2D eigenvalue weighted by molar-refractivity contribution is -0.125. The quantitative estimate of drug-likeness (QED) is 0.626. The third kappa shape index (κ3) is 7.29. The number of carbonyl (C=O) groups excluding carboxylic acids is 3. The zero-order valence-corrected chi connectivity index (χ0v) is 15.9. The van der Waals surface area contributed by atoms with Crippen molar-refractivity contribution in [3.8, 4) is 0 Å². The monoisotopic (exact) mass is 407 g/mol. The molecule has 0 aliphatic heterocycles. The predicted molar refractivity (Wildman–Crippen MR) is 105 cm³/mol. The number of benzene rings is 2. The molecule has 27 heavy (non-hydrogen) atoms. The molecule has 0 bridgehead atoms. The molecule has 0 radical (unpaired) electrons. The summed E-state index contributed by atoms with van der Waals surface area (Å²) < 4.78 is 0. The van der Waals surface area contributed by atoms with Gasteiger partial charge in [0.2, 0.25) is 11.8 Å². The normalized spacial score (nSPS) is 10.1. The summed E-state index contributed by atoms with van der Waals surface area (Å²) in [5.74, 6) is -1.28. The van der Waals surface area contributed by atoms with Crippen LogP contribution in [0.4, 0.5) is 0 Å². The van der Waals surface area contributed by atoms with Gasteiger partial charge in [0, 0.05) is 11.6 Å². The first-order chi connectivity index (χ1) is 13.0. The maximum Gasteiger partial charge on any atom is 0.253 e. The Hall–Kier alpha value is -2.57. The van der Waals surface area contributed by atoms with Crippen LogP contribution in [0.2, 0.25) is 10.0 Å². The van der Waals surface area contributed by atoms with E-state index >= 15 is 0 Å². The highest BCUT2D eigenvalue weighted by Crippen LogP contribution is 2.20. The molecule has 0 saturated heterocycles. The van der Waals surface area contributed by atoms with Crippen molar-refractivity contribution in [2.45, 2.75) is 6.42 Å². The van der Waals surface area contributed by atoms with E-state index in [-0.39, 0.29) is 29.6 Å². The number of nitrogens with one attached hydrogen (secondary N) is 3. The van der Waals surface area contributed by atoms with Crippen molar-refractivity contribution in [3.05, 3.63) is 69.7 Å². The highest BCUT2D eigenvalue weighted by Gasteiger charge is 2.12. The maximum atomic E-state index is 12.0. The van der Waals surface area contributed by atoms with Gasteiger partial charge in [-0.05, 0) is 30.2 Å². The summed E-state index contributed by atoms with van der Waals surface area (Å²) in [5.41, 5.74) is 1.33. The minimum atomic E-state index is -0.501. The molecule has 0 aliphatic carbocycles. The Bertz CT molecular complexity index is 813. The van der Waals surface area contributed by atoms with Crippen LogP contribution in [0.1, 0.15) is 15.9 Å². The van der Waals surface area contributed by atoms with Crippen LogP contribution in [0, 0.1) is 0 Å². The molecule has 2 aromatic rings. The maximum absolute atomic E-state index is 12.0. The zero-order valence-electron chi connectivity index (χ0n) is 14.4. The Morgan fingerprint density at radius 2 is 1.48 bits per heavy atom. The van der Waals surface area contributed by atoms with Gasteiger partial charge in [-0.15, -0.1) is 0 Å². The lowest BCUT2D eigenvalue weighted by atomic mass is 10.1. The Labute approximate surface area is 167 Å². The van der Waals surface area contributed by atoms with Crippen molar-refractivity contribution in [2.24, 2.45) is 0 Å². The highest BCUT2D eigenvalue weighted by molar-refractivity contribution is 6.36. The second kappa shape index (κ2) is 10.5. The van der Waals surface area contributed by atoms with Crippen LogP contribution < -0.4 is 16.0 Å². The Morgan fingerprint density at radius 1 is 0.815 bits per heavy atom. The fourth-order valence-corrected chi connectivity index (χ4v) is 2.72. The van der Waals surface area contributed by atoms with Gasteiger partial charge in [0.15, 0.2) is 0 Å². The first kappa shape index (κ1) is 20.7. The van der Waals surface area contributed by atoms with E-state index in [1.54, 1.807) is 0 Å². The molecular weight excluding hydrogens is 389 g/mol. The molecule has 0 saturated carbocycles. The summed E-state index contributed by atoms with van der Waals surface area (Å²) >= 11 is 11.7. The van der Waals surface area contributed by atoms with E-state index < -0.39 is 11.8 Å². The van der Waals surface area contributed by atoms with Gasteiger partial charge in [-0.3, -0.25) is 14.4 Å². The van der Waals surface area contributed by atoms with Gasteiger partial charge in [-0.25, -0.2) is 0 Å². The minimum absolute atomic E-state index is 0.162. The molecule has 0 aliphatic rings. The standard InChI is InChI=1S/C19H19Cl2N3O3/c20-14-6-7-15(16(21)10-14)19(27)24-12-18(26)23-11-17(25)22-9-8-13-4-2-1-3-5-13/h1-7,10H,8-9,11-12H2,(H,22,25)(H,23,26)(H,24,27). The van der Waals surface area contributed by atoms with Crippen molar-refractivity contribution >= 4 is 40.9 Å². The van der Waals surface area contributed by atoms with Gasteiger partial charge in [0.25, 0.3) is 5.91 Å². The van der Waals surface area contributed by atoms with Crippen molar-refractivity contribution in [1.82, 2.24) is 16.0 Å². The zero-order chi connectivity index (χ0) is 19.6. The summed E-state index contributed by atoms with van der Waals surface area (Å²) in [4.78, 5) is 35.5. The van der Waals surface area contributed by atoms with Gasteiger partial charge in [0.1, 0.15) is 0 Å². The van der Waals surface area contributed by atoms with Crippen LogP contribution >= 0.6 is 23.2 Å². The van der Waals surface area contributed by atoms with E-state index in [4.69, 9.17) is 23.2 Å². The summed E-state index contributed by atoms with van der Waals surface area (Å²) in [7, 11) is 0. The molecular formula is C19H19Cl2N3O3. The van der Waals surface area contributed by atoms with Crippen LogP contribution in [0.5, 0.6) is 0 Å². The molecule has 0 atom stereocenters. The van der Waals surface area contributed by atoms with Crippen LogP contribution in [0.3, 0.4) is 0 Å². The third-order valence-corrected chi connectivity index (χ3v) is 4.16. The topological polar surface area (TPSA) is 87.3 Å². The van der Waals surface area contributed by atoms with Crippen LogP contribution in [0.15, 0.2) is 48.5 Å². The molecule has 0 heterocycles. The van der Waals surface area contributed by atoms with Gasteiger partial charge >= 0.3 is 0 Å². The first-order valence-corrected chi connectivity index (χ1v) is 9.02. The van der Waals surface area contributed by atoms with Crippen molar-refractivity contribution in [1.29, 1.82) is 0 Å². The average Bonchev–Trinajstić information content (AvgIpc) is 2.65. The molecule has 3 amide bonds. The second-order valence-corrected chi connectivity index (χ2v) is 6.51. The SMILES string of the molecule is O=C(CNC(=O)CNC(=O)c1ccc(Cl)cc1Cl)NCCc1ccccc1. The Balaban J connectivity index is 1.65. The fourth-order valence-electron chi connectivity index (χ4n) is 2.22. The van der Waals surface area contributed by atoms with E-state index in [0.29, 0.717) is 18.0 Å². The fraction of sp³-hybridized carbons (Fsp3) is 0.211. The van der Waals surface area contributed by atoms with Crippen LogP contribution in [0.25, 0.3) is 0 Å². The number of halogens is 2. The number of hydrogen-bond acceptors (Lipinski definition) is 3. The molecule has 8 heteroatoms. The molecule has 6 nitrogen and oxygen atoms in total. The average molecular weight is 408 g/mol. The van der Waals surface area contributed by atoms with Crippen LogP contribution in [-0.4, -0.2) is 37.4 Å². The molecule has 0 fully saturated rings. The summed E-state index contributed by atoms with van der Waals surface area (Å²) in [6.45, 7) is 0.0464. The predicted octanol–water partition coefficient (Wildman–Crippen LogP) is 2.20. The second-order valence-electron chi connectivity index (χ2n) is 5.67. The smallest absolute Gasteiger partial charge is 0.253 e. The number of hydrogen-bond donors (Lipinski definition) is 3. The molecule has 0 unspecified atom stereocenters. The van der Waals surface area contributed by atoms with Crippen molar-refractivity contribution in [2.75, 3.05) is 19.6 Å². The van der Waals surface area contributed by atoms with E-state index in [9.17, 15) is 14.4 Å². The molecule has 0 spiro atoms. The third-order valence-electron chi connectivity index (χ3n) is 3.61. The number of carbonyl (C=O) groups is 3.